The highest BCUT2D eigenvalue weighted by atomic mass is 19.1. The van der Waals surface area contributed by atoms with Gasteiger partial charge in [-0.3, -0.25) is 4.79 Å². The van der Waals surface area contributed by atoms with E-state index in [-0.39, 0.29) is 11.3 Å². The Kier molecular flexibility index (Phi) is 3.81. The van der Waals surface area contributed by atoms with Crippen molar-refractivity contribution in [1.82, 2.24) is 5.32 Å². The fourth-order valence-corrected chi connectivity index (χ4v) is 2.78. The highest BCUT2D eigenvalue weighted by Crippen LogP contribution is 2.31. The molecule has 1 aliphatic rings. The van der Waals surface area contributed by atoms with Gasteiger partial charge in [0.1, 0.15) is 0 Å². The van der Waals surface area contributed by atoms with Crippen LogP contribution >= 0.6 is 0 Å². The number of carbonyl (C=O) groups excluding carboxylic acids is 1. The Hall–Kier alpha value is -2.40. The fourth-order valence-electron chi connectivity index (χ4n) is 2.78. The molecule has 0 radical (unpaired) electrons. The van der Waals surface area contributed by atoms with Crippen molar-refractivity contribution >= 4 is 5.91 Å². The molecule has 3 rings (SSSR count). The highest BCUT2D eigenvalue weighted by molar-refractivity contribution is 5.94. The summed E-state index contributed by atoms with van der Waals surface area (Å²) in [6.07, 6.45) is -0.178. The van der Waals surface area contributed by atoms with Crippen LogP contribution in [0, 0.1) is 5.82 Å². The van der Waals surface area contributed by atoms with E-state index < -0.39 is 23.9 Å². The molecule has 2 atom stereocenters. The minimum Gasteiger partial charge on any atom is -0.494 e. The summed E-state index contributed by atoms with van der Waals surface area (Å²) < 4.78 is 18.5. The quantitative estimate of drug-likeness (QED) is 0.914. The monoisotopic (exact) mass is 301 g/mol. The molecule has 0 bridgehead atoms. The third-order valence-electron chi connectivity index (χ3n) is 3.90. The number of halogens is 1. The van der Waals surface area contributed by atoms with E-state index in [9.17, 15) is 14.3 Å². The Bertz CT molecular complexity index is 717. The Balaban J connectivity index is 1.81. The van der Waals surface area contributed by atoms with Crippen LogP contribution in [0.15, 0.2) is 42.5 Å². The zero-order valence-electron chi connectivity index (χ0n) is 12.0. The van der Waals surface area contributed by atoms with E-state index in [0.717, 1.165) is 17.2 Å². The van der Waals surface area contributed by atoms with Gasteiger partial charge in [-0.25, -0.2) is 4.39 Å². The van der Waals surface area contributed by atoms with Crippen molar-refractivity contribution in [1.29, 1.82) is 0 Å². The smallest absolute Gasteiger partial charge is 0.251 e. The number of nitrogens with one attached hydrogen (secondary N) is 1. The van der Waals surface area contributed by atoms with Crippen molar-refractivity contribution in [2.75, 3.05) is 7.11 Å². The van der Waals surface area contributed by atoms with Crippen molar-refractivity contribution < 1.29 is 19.0 Å². The number of benzene rings is 2. The van der Waals surface area contributed by atoms with Crippen molar-refractivity contribution in [3.05, 3.63) is 65.0 Å². The van der Waals surface area contributed by atoms with Crippen LogP contribution < -0.4 is 10.1 Å². The van der Waals surface area contributed by atoms with Gasteiger partial charge >= 0.3 is 0 Å². The summed E-state index contributed by atoms with van der Waals surface area (Å²) in [6, 6.07) is 11.1. The predicted molar refractivity (Wildman–Crippen MR) is 79.3 cm³/mol. The third kappa shape index (κ3) is 2.55. The molecule has 114 valence electrons. The van der Waals surface area contributed by atoms with Gasteiger partial charge in [0.25, 0.3) is 5.91 Å². The number of fused-ring (bicyclic) bond motifs is 1. The molecule has 0 aromatic heterocycles. The number of methoxy groups -OCH3 is 1. The second kappa shape index (κ2) is 5.77. The molecular formula is C17H16FNO3. The fraction of sp³-hybridized carbons (Fsp3) is 0.235. The largest absolute Gasteiger partial charge is 0.494 e. The number of hydrogen-bond donors (Lipinski definition) is 2. The topological polar surface area (TPSA) is 58.6 Å². The molecule has 0 aliphatic heterocycles. The highest BCUT2D eigenvalue weighted by Gasteiger charge is 2.32. The van der Waals surface area contributed by atoms with Gasteiger partial charge in [0, 0.05) is 12.0 Å². The van der Waals surface area contributed by atoms with E-state index in [1.807, 2.05) is 24.3 Å². The molecule has 2 N–H and O–H groups in total. The lowest BCUT2D eigenvalue weighted by molar-refractivity contribution is 0.0857. The van der Waals surface area contributed by atoms with Gasteiger partial charge in [-0.05, 0) is 29.3 Å². The molecule has 2 aromatic rings. The van der Waals surface area contributed by atoms with E-state index in [1.165, 1.54) is 19.2 Å². The van der Waals surface area contributed by atoms with E-state index >= 15 is 0 Å². The molecular weight excluding hydrogens is 285 g/mol. The molecule has 2 aromatic carbocycles. The van der Waals surface area contributed by atoms with Gasteiger partial charge in [-0.15, -0.1) is 0 Å². The van der Waals surface area contributed by atoms with Crippen LogP contribution in [0.4, 0.5) is 4.39 Å². The molecule has 0 fully saturated rings. The summed E-state index contributed by atoms with van der Waals surface area (Å²) in [5.41, 5.74) is 2.11. The molecule has 0 spiro atoms. The molecule has 1 amide bonds. The summed E-state index contributed by atoms with van der Waals surface area (Å²) in [5.74, 6) is -0.937. The lowest BCUT2D eigenvalue weighted by atomic mass is 10.1. The Morgan fingerprint density at radius 2 is 2.09 bits per heavy atom. The van der Waals surface area contributed by atoms with Gasteiger partial charge in [0.15, 0.2) is 11.6 Å². The summed E-state index contributed by atoms with van der Waals surface area (Å²) in [5, 5.41) is 12.9. The van der Waals surface area contributed by atoms with Crippen molar-refractivity contribution in [3.8, 4) is 5.75 Å². The average Bonchev–Trinajstić information content (AvgIpc) is 2.83. The van der Waals surface area contributed by atoms with Crippen molar-refractivity contribution in [2.24, 2.45) is 0 Å². The average molecular weight is 301 g/mol. The predicted octanol–water partition coefficient (Wildman–Crippen LogP) is 2.22. The number of hydrogen-bond acceptors (Lipinski definition) is 3. The molecule has 1 aliphatic carbocycles. The van der Waals surface area contributed by atoms with E-state index in [0.29, 0.717) is 6.42 Å². The molecule has 22 heavy (non-hydrogen) atoms. The SMILES string of the molecule is COc1ccc(C(=O)NC2c3ccccc3CC2O)cc1F. The summed E-state index contributed by atoms with van der Waals surface area (Å²) in [4.78, 5) is 12.3. The minimum absolute atomic E-state index is 0.0859. The van der Waals surface area contributed by atoms with Gasteiger partial charge < -0.3 is 15.2 Å². The number of ether oxygens (including phenoxy) is 1. The normalized spacial score (nSPS) is 19.6. The number of amides is 1. The zero-order chi connectivity index (χ0) is 15.7. The number of aliphatic hydroxyl groups is 1. The first-order valence-corrected chi connectivity index (χ1v) is 7.00. The molecule has 5 heteroatoms. The van der Waals surface area contributed by atoms with Crippen molar-refractivity contribution in [2.45, 2.75) is 18.6 Å². The molecule has 0 saturated carbocycles. The van der Waals surface area contributed by atoms with Crippen molar-refractivity contribution in [3.63, 3.8) is 0 Å². The lowest BCUT2D eigenvalue weighted by Crippen LogP contribution is -2.33. The van der Waals surface area contributed by atoms with Gasteiger partial charge in [-0.2, -0.15) is 0 Å². The molecule has 0 saturated heterocycles. The van der Waals surface area contributed by atoms with Gasteiger partial charge in [-0.1, -0.05) is 24.3 Å². The standard InChI is InChI=1S/C17H16FNO3/c1-22-15-7-6-11(8-13(15)18)17(21)19-16-12-5-3-2-4-10(12)9-14(16)20/h2-8,14,16,20H,9H2,1H3,(H,19,21). The van der Waals surface area contributed by atoms with Gasteiger partial charge in [0.05, 0.1) is 19.3 Å². The number of carbonyl (C=O) groups is 1. The molecule has 4 nitrogen and oxygen atoms in total. The summed E-state index contributed by atoms with van der Waals surface area (Å²) >= 11 is 0. The van der Waals surface area contributed by atoms with Crippen LogP contribution in [0.2, 0.25) is 0 Å². The van der Waals surface area contributed by atoms with Crippen LogP contribution in [0.25, 0.3) is 0 Å². The molecule has 0 heterocycles. The Morgan fingerprint density at radius 3 is 2.82 bits per heavy atom. The second-order valence-electron chi connectivity index (χ2n) is 5.27. The van der Waals surface area contributed by atoms with Crippen LogP contribution in [0.5, 0.6) is 5.75 Å². The van der Waals surface area contributed by atoms with E-state index in [2.05, 4.69) is 5.32 Å². The Labute approximate surface area is 127 Å². The number of aliphatic hydroxyl groups excluding tert-OH is 1. The van der Waals surface area contributed by atoms with E-state index in [4.69, 9.17) is 4.74 Å². The lowest BCUT2D eigenvalue weighted by Gasteiger charge is -2.18. The first-order chi connectivity index (χ1) is 10.6. The minimum atomic E-state index is -0.676. The first-order valence-electron chi connectivity index (χ1n) is 7.00. The maximum Gasteiger partial charge on any atom is 0.251 e. The maximum atomic E-state index is 13.7. The summed E-state index contributed by atoms with van der Waals surface area (Å²) in [6.45, 7) is 0. The Morgan fingerprint density at radius 1 is 1.32 bits per heavy atom. The maximum absolute atomic E-state index is 13.7. The van der Waals surface area contributed by atoms with E-state index in [1.54, 1.807) is 0 Å². The first kappa shape index (κ1) is 14.5. The zero-order valence-corrected chi connectivity index (χ0v) is 12.0. The third-order valence-corrected chi connectivity index (χ3v) is 3.90. The van der Waals surface area contributed by atoms with Crippen LogP contribution in [0.1, 0.15) is 27.5 Å². The van der Waals surface area contributed by atoms with Crippen LogP contribution in [-0.2, 0) is 6.42 Å². The molecule has 2 unspecified atom stereocenters. The van der Waals surface area contributed by atoms with Crippen LogP contribution in [-0.4, -0.2) is 24.2 Å². The summed E-state index contributed by atoms with van der Waals surface area (Å²) in [7, 11) is 1.37. The van der Waals surface area contributed by atoms with Crippen LogP contribution in [0.3, 0.4) is 0 Å². The second-order valence-corrected chi connectivity index (χ2v) is 5.27. The van der Waals surface area contributed by atoms with Gasteiger partial charge in [0.2, 0.25) is 0 Å². The number of rotatable bonds is 3.